The lowest BCUT2D eigenvalue weighted by molar-refractivity contribution is 0.0771. The summed E-state index contributed by atoms with van der Waals surface area (Å²) in [6.07, 6.45) is 0. The number of rotatable bonds is 2. The van der Waals surface area contributed by atoms with E-state index in [1.165, 1.54) is 12.1 Å². The van der Waals surface area contributed by atoms with Gasteiger partial charge in [-0.25, -0.2) is 4.31 Å². The highest BCUT2D eigenvalue weighted by molar-refractivity contribution is 7.95. The second kappa shape index (κ2) is 4.82. The van der Waals surface area contributed by atoms with Crippen LogP contribution in [0.25, 0.3) is 0 Å². The summed E-state index contributed by atoms with van der Waals surface area (Å²) >= 11 is 6.30. The molecule has 1 rings (SSSR count). The molecular weight excluding hydrogens is 188 g/mol. The minimum Gasteiger partial charge on any atom is -0.379 e. The van der Waals surface area contributed by atoms with Crippen LogP contribution in [0.4, 0.5) is 4.79 Å². The Morgan fingerprint density at radius 3 is 2.73 bits per heavy atom. The first-order valence-electron chi connectivity index (χ1n) is 3.24. The Kier molecular flexibility index (Phi) is 3.99. The van der Waals surface area contributed by atoms with E-state index in [0.29, 0.717) is 13.2 Å². The summed E-state index contributed by atoms with van der Waals surface area (Å²) in [5.41, 5.74) is 0. The molecule has 0 radical (unpaired) electrons. The van der Waals surface area contributed by atoms with Crippen LogP contribution < -0.4 is 4.72 Å². The van der Waals surface area contributed by atoms with Gasteiger partial charge in [0.15, 0.2) is 0 Å². The van der Waals surface area contributed by atoms with Crippen molar-refractivity contribution in [3.63, 3.8) is 0 Å². The number of carbonyl (C=O) groups excluding carboxylic acids is 1. The Balaban J connectivity index is 2.09. The number of amides is 1. The van der Waals surface area contributed by atoms with Crippen molar-refractivity contribution in [2.45, 2.75) is 0 Å². The van der Waals surface area contributed by atoms with Gasteiger partial charge in [-0.1, -0.05) is 0 Å². The Morgan fingerprint density at radius 2 is 2.18 bits per heavy atom. The molecule has 0 aromatic heterocycles. The summed E-state index contributed by atoms with van der Waals surface area (Å²) in [5, 5.41) is -0.540. The number of morpholine rings is 1. The first-order chi connectivity index (χ1) is 5.29. The van der Waals surface area contributed by atoms with E-state index in [1.54, 1.807) is 0 Å². The third-order valence-electron chi connectivity index (χ3n) is 1.23. The largest absolute Gasteiger partial charge is 0.379 e. The number of hydrogen-bond donors (Lipinski definition) is 1. The molecule has 11 heavy (non-hydrogen) atoms. The van der Waals surface area contributed by atoms with Crippen LogP contribution in [0.1, 0.15) is 0 Å². The highest BCUT2D eigenvalue weighted by atomic mass is 35.5. The van der Waals surface area contributed by atoms with Crippen molar-refractivity contribution in [3.05, 3.63) is 0 Å². The summed E-state index contributed by atoms with van der Waals surface area (Å²) < 4.78 is 9.52. The molecule has 1 aliphatic rings. The van der Waals surface area contributed by atoms with Crippen LogP contribution in [0.5, 0.6) is 0 Å². The molecule has 0 spiro atoms. The SMILES string of the molecule is O=C(Cl)NSN1CCOCC1. The van der Waals surface area contributed by atoms with Crippen molar-refractivity contribution >= 4 is 29.1 Å². The van der Waals surface area contributed by atoms with Crippen molar-refractivity contribution in [1.82, 2.24) is 9.03 Å². The molecule has 0 aromatic rings. The van der Waals surface area contributed by atoms with Gasteiger partial charge in [0.05, 0.1) is 13.2 Å². The van der Waals surface area contributed by atoms with Crippen LogP contribution in [0.3, 0.4) is 0 Å². The molecule has 6 heteroatoms. The molecule has 0 aliphatic carbocycles. The summed E-state index contributed by atoms with van der Waals surface area (Å²) in [7, 11) is 0. The van der Waals surface area contributed by atoms with Crippen molar-refractivity contribution < 1.29 is 9.53 Å². The van der Waals surface area contributed by atoms with Crippen LogP contribution in [-0.2, 0) is 4.74 Å². The van der Waals surface area contributed by atoms with Gasteiger partial charge >= 0.3 is 5.37 Å². The molecular formula is C5H9ClN2O2S. The summed E-state index contributed by atoms with van der Waals surface area (Å²) in [4.78, 5) is 10.3. The number of nitrogens with zero attached hydrogens (tertiary/aromatic N) is 1. The zero-order valence-electron chi connectivity index (χ0n) is 5.88. The number of nitrogens with one attached hydrogen (secondary N) is 1. The Hall–Kier alpha value is 0.0300. The van der Waals surface area contributed by atoms with Crippen molar-refractivity contribution in [3.8, 4) is 0 Å². The number of halogens is 1. The highest BCUT2D eigenvalue weighted by Gasteiger charge is 2.11. The van der Waals surface area contributed by atoms with Gasteiger partial charge in [0.25, 0.3) is 0 Å². The standard InChI is InChI=1S/C5H9ClN2O2S/c6-5(9)7-11-8-1-3-10-4-2-8/h1-4H2,(H,7,9). The van der Waals surface area contributed by atoms with Gasteiger partial charge in [0.1, 0.15) is 0 Å². The predicted molar refractivity (Wildman–Crippen MR) is 44.4 cm³/mol. The lowest BCUT2D eigenvalue weighted by Crippen LogP contribution is -2.33. The molecule has 0 bridgehead atoms. The van der Waals surface area contributed by atoms with Crippen molar-refractivity contribution in [2.75, 3.05) is 26.3 Å². The van der Waals surface area contributed by atoms with Gasteiger partial charge in [-0.15, -0.1) is 0 Å². The zero-order valence-corrected chi connectivity index (χ0v) is 7.45. The van der Waals surface area contributed by atoms with Gasteiger partial charge in [-0.2, -0.15) is 0 Å². The maximum Gasteiger partial charge on any atom is 0.324 e. The third kappa shape index (κ3) is 3.81. The quantitative estimate of drug-likeness (QED) is 0.404. The van der Waals surface area contributed by atoms with Gasteiger partial charge in [0.2, 0.25) is 0 Å². The second-order valence-electron chi connectivity index (χ2n) is 2.01. The van der Waals surface area contributed by atoms with Crippen LogP contribution in [0, 0.1) is 0 Å². The Morgan fingerprint density at radius 1 is 1.55 bits per heavy atom. The fraction of sp³-hybridized carbons (Fsp3) is 0.800. The van der Waals surface area contributed by atoms with Gasteiger partial charge in [-0.3, -0.25) is 9.52 Å². The van der Waals surface area contributed by atoms with E-state index >= 15 is 0 Å². The van der Waals surface area contributed by atoms with E-state index in [2.05, 4.69) is 4.72 Å². The minimum atomic E-state index is -0.540. The molecule has 0 saturated carbocycles. The fourth-order valence-electron chi connectivity index (χ4n) is 0.738. The average molecular weight is 197 g/mol. The van der Waals surface area contributed by atoms with E-state index in [1.807, 2.05) is 4.31 Å². The van der Waals surface area contributed by atoms with Crippen LogP contribution in [-0.4, -0.2) is 36.0 Å². The smallest absolute Gasteiger partial charge is 0.324 e. The molecule has 1 amide bonds. The Labute approximate surface area is 74.5 Å². The zero-order chi connectivity index (χ0) is 8.10. The second-order valence-corrected chi connectivity index (χ2v) is 3.25. The monoisotopic (exact) mass is 196 g/mol. The first-order valence-corrected chi connectivity index (χ1v) is 4.39. The number of ether oxygens (including phenoxy) is 1. The van der Waals surface area contributed by atoms with Crippen LogP contribution in [0.15, 0.2) is 0 Å². The number of carbonyl (C=O) groups is 1. The maximum absolute atomic E-state index is 10.3. The molecule has 1 heterocycles. The number of hydrogen-bond acceptors (Lipinski definition) is 4. The highest BCUT2D eigenvalue weighted by Crippen LogP contribution is 2.08. The van der Waals surface area contributed by atoms with E-state index in [0.717, 1.165) is 13.1 Å². The van der Waals surface area contributed by atoms with Crippen LogP contribution in [0.2, 0.25) is 0 Å². The third-order valence-corrected chi connectivity index (χ3v) is 2.33. The molecule has 1 N–H and O–H groups in total. The molecule has 1 aliphatic heterocycles. The minimum absolute atomic E-state index is 0.540. The lowest BCUT2D eigenvalue weighted by atomic mass is 10.5. The molecule has 64 valence electrons. The van der Waals surface area contributed by atoms with Gasteiger partial charge in [-0.05, 0) is 11.6 Å². The normalized spacial score (nSPS) is 19.7. The van der Waals surface area contributed by atoms with Crippen molar-refractivity contribution in [2.24, 2.45) is 0 Å². The molecule has 0 atom stereocenters. The molecule has 0 unspecified atom stereocenters. The van der Waals surface area contributed by atoms with E-state index in [-0.39, 0.29) is 0 Å². The Bertz CT molecular complexity index is 140. The fourth-order valence-corrected chi connectivity index (χ4v) is 1.37. The molecule has 1 saturated heterocycles. The van der Waals surface area contributed by atoms with Gasteiger partial charge < -0.3 is 4.74 Å². The van der Waals surface area contributed by atoms with E-state index in [4.69, 9.17) is 16.3 Å². The summed E-state index contributed by atoms with van der Waals surface area (Å²) in [5.74, 6) is 0. The summed E-state index contributed by atoms with van der Waals surface area (Å²) in [6, 6.07) is 0. The average Bonchev–Trinajstić information content (AvgIpc) is 2.03. The van der Waals surface area contributed by atoms with Gasteiger partial charge in [0, 0.05) is 25.2 Å². The predicted octanol–water partition coefficient (Wildman–Crippen LogP) is 0.830. The van der Waals surface area contributed by atoms with Crippen molar-refractivity contribution in [1.29, 1.82) is 0 Å². The molecule has 0 aromatic carbocycles. The maximum atomic E-state index is 10.3. The topological polar surface area (TPSA) is 41.6 Å². The summed E-state index contributed by atoms with van der Waals surface area (Å²) in [6.45, 7) is 3.07. The van der Waals surface area contributed by atoms with E-state index in [9.17, 15) is 4.79 Å². The lowest BCUT2D eigenvalue weighted by Gasteiger charge is -2.24. The van der Waals surface area contributed by atoms with Crippen LogP contribution >= 0.6 is 23.7 Å². The van der Waals surface area contributed by atoms with E-state index < -0.39 is 5.37 Å². The first kappa shape index (κ1) is 9.12. The molecule has 1 fully saturated rings. The molecule has 4 nitrogen and oxygen atoms in total.